The third-order valence-electron chi connectivity index (χ3n) is 5.75. The molecule has 0 aliphatic carbocycles. The Labute approximate surface area is 256 Å². The molecule has 3 aromatic rings. The minimum Gasteiger partial charge on any atom is -0.489 e. The van der Waals surface area contributed by atoms with Crippen molar-refractivity contribution >= 4 is 41.0 Å². The van der Waals surface area contributed by atoms with Crippen LogP contribution in [0.2, 0.25) is 5.15 Å². The van der Waals surface area contributed by atoms with Gasteiger partial charge < -0.3 is 37.7 Å². The number of benzene rings is 2. The number of amides is 2. The molecule has 1 heterocycles. The zero-order valence-electron chi connectivity index (χ0n) is 23.4. The number of unbranched alkanes of at least 4 members (excludes halogenated alkanes) is 1. The van der Waals surface area contributed by atoms with E-state index in [1.807, 2.05) is 54.6 Å². The number of nitrogens with two attached hydrogens (primary N) is 3. The van der Waals surface area contributed by atoms with E-state index in [1.54, 1.807) is 0 Å². The summed E-state index contributed by atoms with van der Waals surface area (Å²) in [6, 6.07) is 17.2. The molecule has 0 bridgehead atoms. The van der Waals surface area contributed by atoms with Crippen LogP contribution in [0.5, 0.6) is 5.75 Å². The number of rotatable bonds is 13. The Balaban J connectivity index is 0.000000860. The molecule has 0 saturated carbocycles. The molecule has 1 atom stereocenters. The van der Waals surface area contributed by atoms with E-state index in [4.69, 9.17) is 43.4 Å². The lowest BCUT2D eigenvalue weighted by Crippen LogP contribution is -2.38. The van der Waals surface area contributed by atoms with Gasteiger partial charge in [-0.3, -0.25) is 9.59 Å². The minimum absolute atomic E-state index is 0.0402. The first kappa shape index (κ1) is 35.6. The van der Waals surface area contributed by atoms with Crippen molar-refractivity contribution < 1.29 is 37.4 Å². The van der Waals surface area contributed by atoms with Crippen molar-refractivity contribution in [2.45, 2.75) is 44.5 Å². The highest BCUT2D eigenvalue weighted by molar-refractivity contribution is 6.31. The van der Waals surface area contributed by atoms with Crippen molar-refractivity contribution in [1.29, 1.82) is 0 Å². The van der Waals surface area contributed by atoms with Crippen molar-refractivity contribution in [3.8, 4) is 5.75 Å². The first-order valence-electron chi connectivity index (χ1n) is 13.2. The Bertz CT molecular complexity index is 1380. The number of anilines is 2. The Morgan fingerprint density at radius 1 is 0.932 bits per heavy atom. The van der Waals surface area contributed by atoms with Crippen LogP contribution in [0.4, 0.5) is 24.8 Å². The molecule has 0 aliphatic rings. The van der Waals surface area contributed by atoms with Crippen molar-refractivity contribution in [2.75, 3.05) is 24.6 Å². The molecule has 0 aliphatic heterocycles. The molecule has 12 nitrogen and oxygen atoms in total. The number of nitrogens with one attached hydrogen (secondary N) is 2. The van der Waals surface area contributed by atoms with Gasteiger partial charge in [-0.1, -0.05) is 60.5 Å². The fourth-order valence-corrected chi connectivity index (χ4v) is 3.60. The average Bonchev–Trinajstić information content (AvgIpc) is 2.97. The van der Waals surface area contributed by atoms with Crippen LogP contribution in [-0.2, 0) is 22.6 Å². The van der Waals surface area contributed by atoms with Crippen LogP contribution in [-0.4, -0.2) is 58.2 Å². The number of hydrogen-bond donors (Lipinski definition) is 6. The smallest absolute Gasteiger partial charge is 0.489 e. The van der Waals surface area contributed by atoms with Crippen LogP contribution >= 0.6 is 11.6 Å². The van der Waals surface area contributed by atoms with Gasteiger partial charge in [-0.15, -0.1) is 0 Å². The van der Waals surface area contributed by atoms with Gasteiger partial charge in [0.05, 0.1) is 6.42 Å². The van der Waals surface area contributed by atoms with Crippen LogP contribution in [0.3, 0.4) is 0 Å². The predicted octanol–water partition coefficient (Wildman–Crippen LogP) is 3.09. The van der Waals surface area contributed by atoms with Crippen molar-refractivity contribution in [3.05, 3.63) is 76.6 Å². The van der Waals surface area contributed by atoms with Crippen LogP contribution in [0, 0.1) is 0 Å². The van der Waals surface area contributed by atoms with Crippen molar-refractivity contribution in [2.24, 2.45) is 5.73 Å². The molecule has 1 aromatic heterocycles. The fourth-order valence-electron chi connectivity index (χ4n) is 3.47. The first-order chi connectivity index (χ1) is 20.8. The van der Waals surface area contributed by atoms with Crippen LogP contribution < -0.4 is 32.6 Å². The quantitative estimate of drug-likeness (QED) is 0.151. The summed E-state index contributed by atoms with van der Waals surface area (Å²) >= 11 is 5.80. The predicted molar refractivity (Wildman–Crippen MR) is 158 cm³/mol. The number of alkyl halides is 3. The summed E-state index contributed by atoms with van der Waals surface area (Å²) in [6.07, 6.45) is -2.55. The number of carbonyl (C=O) groups excluding carboxylic acids is 2. The van der Waals surface area contributed by atoms with Gasteiger partial charge in [-0.2, -0.15) is 13.2 Å². The number of aliphatic carboxylic acids is 1. The van der Waals surface area contributed by atoms with E-state index in [0.717, 1.165) is 29.7 Å². The number of carboxylic acid groups (broad SMARTS) is 1. The second-order valence-corrected chi connectivity index (χ2v) is 9.71. The molecule has 16 heteroatoms. The molecule has 0 fully saturated rings. The minimum atomic E-state index is -5.08. The number of ether oxygens (including phenoxy) is 1. The SMILES string of the molecule is Nc1nc(N)c(C(=O)NC[C@@H](N)CCCCNC(=O)Cc2ccc(OCc3ccccc3)cc2)nc1Cl.O=C(O)C(F)(F)F. The normalized spacial score (nSPS) is 11.5. The maximum Gasteiger partial charge on any atom is 0.490 e. The molecule has 0 saturated heterocycles. The number of nitrogen functional groups attached to an aromatic ring is 2. The van der Waals surface area contributed by atoms with E-state index in [1.165, 1.54) is 0 Å². The lowest BCUT2D eigenvalue weighted by Gasteiger charge is -2.13. The third-order valence-corrected chi connectivity index (χ3v) is 6.03. The topological polar surface area (TPSA) is 209 Å². The highest BCUT2D eigenvalue weighted by Crippen LogP contribution is 2.17. The molecular formula is C28H33ClF3N7O5. The van der Waals surface area contributed by atoms with Gasteiger partial charge in [0, 0.05) is 19.1 Å². The zero-order chi connectivity index (χ0) is 32.7. The van der Waals surface area contributed by atoms with Crippen LogP contribution in [0.25, 0.3) is 0 Å². The summed E-state index contributed by atoms with van der Waals surface area (Å²) < 4.78 is 37.5. The number of aromatic nitrogens is 2. The summed E-state index contributed by atoms with van der Waals surface area (Å²) in [6.45, 7) is 1.28. The third kappa shape index (κ3) is 13.1. The standard InChI is InChI=1S/C26H32ClN7O3.C2HF3O2/c27-23-25(30)34-24(29)22(33-23)26(36)32-15-19(28)8-4-5-13-31-21(35)14-17-9-11-20(12-10-17)37-16-18-6-2-1-3-7-18;3-2(4,5)1(6)7/h1-3,6-7,9-12,19H,4-5,8,13-16,28H2,(H,31,35)(H,32,36)(H4,29,30,34);(H,6,7)/t19-;/m0./s1. The summed E-state index contributed by atoms with van der Waals surface area (Å²) in [4.78, 5) is 41.0. The van der Waals surface area contributed by atoms with Gasteiger partial charge in [-0.05, 0) is 36.1 Å². The Kier molecular flexibility index (Phi) is 14.1. The molecule has 44 heavy (non-hydrogen) atoms. The first-order valence-corrected chi connectivity index (χ1v) is 13.6. The summed E-state index contributed by atoms with van der Waals surface area (Å²) in [5.74, 6) is -2.71. The molecule has 2 aromatic carbocycles. The average molecular weight is 640 g/mol. The van der Waals surface area contributed by atoms with E-state index >= 15 is 0 Å². The number of halogens is 4. The van der Waals surface area contributed by atoms with E-state index in [2.05, 4.69) is 20.6 Å². The van der Waals surface area contributed by atoms with Crippen LogP contribution in [0.1, 0.15) is 40.9 Å². The Hall–Kier alpha value is -4.63. The number of carbonyl (C=O) groups is 3. The summed E-state index contributed by atoms with van der Waals surface area (Å²) in [5, 5.41) is 12.6. The van der Waals surface area contributed by atoms with Gasteiger partial charge >= 0.3 is 12.1 Å². The maximum absolute atomic E-state index is 12.2. The molecule has 238 valence electrons. The largest absolute Gasteiger partial charge is 0.490 e. The lowest BCUT2D eigenvalue weighted by atomic mass is 10.1. The van der Waals surface area contributed by atoms with E-state index in [9.17, 15) is 22.8 Å². The van der Waals surface area contributed by atoms with Gasteiger partial charge in [0.15, 0.2) is 22.5 Å². The van der Waals surface area contributed by atoms with E-state index in [-0.39, 0.29) is 41.0 Å². The highest BCUT2D eigenvalue weighted by atomic mass is 35.5. The zero-order valence-corrected chi connectivity index (χ0v) is 24.2. The monoisotopic (exact) mass is 639 g/mol. The molecule has 0 radical (unpaired) electrons. The molecular weight excluding hydrogens is 607 g/mol. The van der Waals surface area contributed by atoms with Crippen molar-refractivity contribution in [3.63, 3.8) is 0 Å². The van der Waals surface area contributed by atoms with Gasteiger partial charge in [-0.25, -0.2) is 14.8 Å². The molecule has 2 amide bonds. The van der Waals surface area contributed by atoms with Gasteiger partial charge in [0.2, 0.25) is 5.91 Å². The Morgan fingerprint density at radius 3 is 2.18 bits per heavy atom. The molecule has 0 spiro atoms. The summed E-state index contributed by atoms with van der Waals surface area (Å²) in [5.41, 5.74) is 19.2. The van der Waals surface area contributed by atoms with Crippen molar-refractivity contribution in [1.82, 2.24) is 20.6 Å². The van der Waals surface area contributed by atoms with Gasteiger partial charge in [0.1, 0.15) is 12.4 Å². The van der Waals surface area contributed by atoms with E-state index in [0.29, 0.717) is 26.0 Å². The molecule has 9 N–H and O–H groups in total. The number of carboxylic acids is 1. The highest BCUT2D eigenvalue weighted by Gasteiger charge is 2.38. The van der Waals surface area contributed by atoms with Crippen LogP contribution in [0.15, 0.2) is 54.6 Å². The fraction of sp³-hybridized carbons (Fsp3) is 0.321. The second-order valence-electron chi connectivity index (χ2n) is 9.35. The van der Waals surface area contributed by atoms with Gasteiger partial charge in [0.25, 0.3) is 5.91 Å². The molecule has 3 rings (SSSR count). The second kappa shape index (κ2) is 17.5. The van der Waals surface area contributed by atoms with E-state index < -0.39 is 18.1 Å². The number of nitrogens with zero attached hydrogens (tertiary/aromatic N) is 2. The number of hydrogen-bond acceptors (Lipinski definition) is 9. The lowest BCUT2D eigenvalue weighted by molar-refractivity contribution is -0.192. The maximum atomic E-state index is 12.2. The molecule has 0 unspecified atom stereocenters. The Morgan fingerprint density at radius 2 is 1.57 bits per heavy atom. The summed E-state index contributed by atoms with van der Waals surface area (Å²) in [7, 11) is 0.